The highest BCUT2D eigenvalue weighted by atomic mass is 32.2. The fourth-order valence-corrected chi connectivity index (χ4v) is 4.70. The van der Waals surface area contributed by atoms with E-state index in [9.17, 15) is 13.2 Å². The van der Waals surface area contributed by atoms with Gasteiger partial charge in [0.15, 0.2) is 0 Å². The molecule has 8 nitrogen and oxygen atoms in total. The minimum Gasteiger partial charge on any atom is -0.497 e. The zero-order valence-corrected chi connectivity index (χ0v) is 22.7. The zero-order valence-electron chi connectivity index (χ0n) is 21.9. The quantitative estimate of drug-likeness (QED) is 0.299. The first-order chi connectivity index (χ1) is 17.5. The molecular formula is C28H35N3O5S. The van der Waals surface area contributed by atoms with Gasteiger partial charge in [-0.3, -0.25) is 4.79 Å². The van der Waals surface area contributed by atoms with Gasteiger partial charge in [0.1, 0.15) is 5.75 Å². The van der Waals surface area contributed by atoms with Gasteiger partial charge >= 0.3 is 5.97 Å². The number of nitrogens with zero attached hydrogens (tertiary/aromatic N) is 1. The van der Waals surface area contributed by atoms with Crippen LogP contribution in [0.2, 0.25) is 0 Å². The average Bonchev–Trinajstić information content (AvgIpc) is 3.28. The van der Waals surface area contributed by atoms with Crippen molar-refractivity contribution in [3.05, 3.63) is 77.5 Å². The molecule has 0 aliphatic heterocycles. The van der Waals surface area contributed by atoms with Crippen molar-refractivity contribution >= 4 is 37.7 Å². The number of methoxy groups -OCH3 is 1. The van der Waals surface area contributed by atoms with Gasteiger partial charge < -0.3 is 19.7 Å². The van der Waals surface area contributed by atoms with E-state index in [1.165, 1.54) is 12.6 Å². The Bertz CT molecular complexity index is 1480. The molecule has 1 aromatic heterocycles. The van der Waals surface area contributed by atoms with Crippen molar-refractivity contribution < 1.29 is 23.1 Å². The van der Waals surface area contributed by atoms with Crippen LogP contribution < -0.4 is 9.46 Å². The first-order valence-electron chi connectivity index (χ1n) is 12.0. The van der Waals surface area contributed by atoms with Gasteiger partial charge in [0.25, 0.3) is 0 Å². The molecule has 0 saturated carbocycles. The van der Waals surface area contributed by atoms with Crippen molar-refractivity contribution in [1.29, 1.82) is 0 Å². The van der Waals surface area contributed by atoms with Crippen molar-refractivity contribution in [1.82, 2.24) is 14.6 Å². The number of carboxylic acids is 1. The molecule has 0 amide bonds. The summed E-state index contributed by atoms with van der Waals surface area (Å²) in [5.74, 6) is -0.478. The van der Waals surface area contributed by atoms with Gasteiger partial charge in [-0.15, -0.1) is 0 Å². The lowest BCUT2D eigenvalue weighted by molar-refractivity contribution is -0.138. The van der Waals surface area contributed by atoms with E-state index in [2.05, 4.69) is 14.6 Å². The van der Waals surface area contributed by atoms with Crippen LogP contribution in [-0.4, -0.2) is 64.2 Å². The van der Waals surface area contributed by atoms with Crippen molar-refractivity contribution in [2.24, 2.45) is 0 Å². The predicted molar refractivity (Wildman–Crippen MR) is 149 cm³/mol. The number of likely N-dealkylation sites (N-methyl/N-ethyl adjacent to an activating group) is 1. The summed E-state index contributed by atoms with van der Waals surface area (Å²) < 4.78 is 30.7. The van der Waals surface area contributed by atoms with Gasteiger partial charge in [-0.1, -0.05) is 30.3 Å². The second-order valence-corrected chi connectivity index (χ2v) is 11.2. The SMILES string of the molecule is CNS(=O)(=O)Cc1ccc2[nH]cc(CCN(C)C)c2c1.COc1ccc2cc([C@H](C)C(=O)O)ccc2c1. The number of hydrogen-bond acceptors (Lipinski definition) is 5. The summed E-state index contributed by atoms with van der Waals surface area (Å²) >= 11 is 0. The van der Waals surface area contributed by atoms with Crippen LogP contribution in [0.4, 0.5) is 0 Å². The topological polar surface area (TPSA) is 112 Å². The molecule has 3 N–H and O–H groups in total. The van der Waals surface area contributed by atoms with Crippen molar-refractivity contribution in [2.45, 2.75) is 25.0 Å². The summed E-state index contributed by atoms with van der Waals surface area (Å²) in [6.07, 6.45) is 2.94. The Hall–Kier alpha value is -3.40. The maximum atomic E-state index is 11.6. The maximum Gasteiger partial charge on any atom is 0.310 e. The van der Waals surface area contributed by atoms with Crippen molar-refractivity contribution in [3.8, 4) is 5.75 Å². The molecule has 0 fully saturated rings. The Kier molecular flexibility index (Phi) is 9.31. The molecule has 3 aromatic carbocycles. The van der Waals surface area contributed by atoms with E-state index in [0.29, 0.717) is 0 Å². The molecule has 0 radical (unpaired) electrons. The van der Waals surface area contributed by atoms with Crippen LogP contribution in [0.3, 0.4) is 0 Å². The molecule has 37 heavy (non-hydrogen) atoms. The number of aromatic nitrogens is 1. The number of aromatic amines is 1. The Morgan fingerprint density at radius 2 is 1.78 bits per heavy atom. The number of rotatable bonds is 9. The second-order valence-electron chi connectivity index (χ2n) is 9.24. The summed E-state index contributed by atoms with van der Waals surface area (Å²) in [7, 11) is 3.92. The summed E-state index contributed by atoms with van der Waals surface area (Å²) in [6.45, 7) is 2.65. The lowest BCUT2D eigenvalue weighted by atomic mass is 9.98. The highest BCUT2D eigenvalue weighted by molar-refractivity contribution is 7.88. The lowest BCUT2D eigenvalue weighted by Crippen LogP contribution is -2.20. The smallest absolute Gasteiger partial charge is 0.310 e. The fourth-order valence-electron chi connectivity index (χ4n) is 3.94. The van der Waals surface area contributed by atoms with E-state index in [-0.39, 0.29) is 5.75 Å². The van der Waals surface area contributed by atoms with E-state index in [1.54, 1.807) is 14.0 Å². The van der Waals surface area contributed by atoms with E-state index >= 15 is 0 Å². The number of carboxylic acid groups (broad SMARTS) is 1. The zero-order chi connectivity index (χ0) is 27.2. The summed E-state index contributed by atoms with van der Waals surface area (Å²) in [5, 5.41) is 12.1. The van der Waals surface area contributed by atoms with Gasteiger partial charge in [-0.2, -0.15) is 0 Å². The standard InChI is InChI=1S/C14H21N3O2S.C14H14O3/c1-15-20(18,19)10-11-4-5-14-13(8-11)12(9-16-14)6-7-17(2)3;1-9(14(15)16)10-3-4-12-8-13(17-2)6-5-11(12)7-10/h4-5,8-9,15-16H,6-7,10H2,1-3H3;3-9H,1-2H3,(H,15,16)/t;9-/m.0/s1. The molecule has 9 heteroatoms. The van der Waals surface area contributed by atoms with Crippen LogP contribution in [0.1, 0.15) is 29.5 Å². The van der Waals surface area contributed by atoms with Crippen molar-refractivity contribution in [3.63, 3.8) is 0 Å². The molecule has 0 aliphatic carbocycles. The Labute approximate surface area is 218 Å². The third-order valence-corrected chi connectivity index (χ3v) is 7.61. The first kappa shape index (κ1) is 28.2. The molecular weight excluding hydrogens is 490 g/mol. The highest BCUT2D eigenvalue weighted by Crippen LogP contribution is 2.25. The normalized spacial score (nSPS) is 12.4. The molecule has 1 heterocycles. The maximum absolute atomic E-state index is 11.6. The lowest BCUT2D eigenvalue weighted by Gasteiger charge is -2.08. The summed E-state index contributed by atoms with van der Waals surface area (Å²) in [5.41, 5.74) is 3.88. The number of benzene rings is 3. The number of ether oxygens (including phenoxy) is 1. The summed E-state index contributed by atoms with van der Waals surface area (Å²) in [4.78, 5) is 16.3. The second kappa shape index (κ2) is 12.2. The fraction of sp³-hybridized carbons (Fsp3) is 0.321. The number of H-pyrrole nitrogens is 1. The van der Waals surface area contributed by atoms with Crippen LogP contribution >= 0.6 is 0 Å². The van der Waals surface area contributed by atoms with Crippen LogP contribution in [0.25, 0.3) is 21.7 Å². The van der Waals surface area contributed by atoms with E-state index < -0.39 is 21.9 Å². The molecule has 4 rings (SSSR count). The third-order valence-electron chi connectivity index (χ3n) is 6.27. The Morgan fingerprint density at radius 3 is 2.43 bits per heavy atom. The van der Waals surface area contributed by atoms with Crippen LogP contribution in [0.15, 0.2) is 60.8 Å². The number of sulfonamides is 1. The Morgan fingerprint density at radius 1 is 1.08 bits per heavy atom. The molecule has 0 aliphatic rings. The number of hydrogen-bond donors (Lipinski definition) is 3. The monoisotopic (exact) mass is 525 g/mol. The molecule has 198 valence electrons. The minimum absolute atomic E-state index is 0.0116. The van der Waals surface area contributed by atoms with E-state index in [4.69, 9.17) is 9.84 Å². The minimum atomic E-state index is -3.23. The largest absolute Gasteiger partial charge is 0.497 e. The molecule has 0 saturated heterocycles. The van der Waals surface area contributed by atoms with Gasteiger partial charge in [0.05, 0.1) is 18.8 Å². The summed E-state index contributed by atoms with van der Waals surface area (Å²) in [6, 6.07) is 17.2. The van der Waals surface area contributed by atoms with Gasteiger partial charge in [0, 0.05) is 23.6 Å². The van der Waals surface area contributed by atoms with Gasteiger partial charge in [0.2, 0.25) is 10.0 Å². The highest BCUT2D eigenvalue weighted by Gasteiger charge is 2.14. The molecule has 0 unspecified atom stereocenters. The first-order valence-corrected chi connectivity index (χ1v) is 13.6. The number of fused-ring (bicyclic) bond motifs is 2. The molecule has 4 aromatic rings. The average molecular weight is 526 g/mol. The number of nitrogens with one attached hydrogen (secondary N) is 2. The van der Waals surface area contributed by atoms with E-state index in [1.807, 2.05) is 74.9 Å². The van der Waals surface area contributed by atoms with Crippen molar-refractivity contribution in [2.75, 3.05) is 34.8 Å². The Balaban J connectivity index is 0.000000208. The van der Waals surface area contributed by atoms with Crippen LogP contribution in [0, 0.1) is 0 Å². The molecule has 0 spiro atoms. The number of carbonyl (C=O) groups is 1. The third kappa shape index (κ3) is 7.55. The van der Waals surface area contributed by atoms with Gasteiger partial charge in [-0.05, 0) is 86.2 Å². The van der Waals surface area contributed by atoms with Crippen LogP contribution in [0.5, 0.6) is 5.75 Å². The molecule has 1 atom stereocenters. The van der Waals surface area contributed by atoms with Crippen LogP contribution in [-0.2, 0) is 27.0 Å². The van der Waals surface area contributed by atoms with Gasteiger partial charge in [-0.25, -0.2) is 13.1 Å². The molecule has 0 bridgehead atoms. The number of aliphatic carboxylic acids is 1. The predicted octanol–water partition coefficient (Wildman–Crippen LogP) is 4.36. The van der Waals surface area contributed by atoms with E-state index in [0.717, 1.165) is 51.5 Å².